The molecule has 0 radical (unpaired) electrons. The highest BCUT2D eigenvalue weighted by Gasteiger charge is 2.14. The van der Waals surface area contributed by atoms with Crippen LogP contribution in [-0.2, 0) is 0 Å². The van der Waals surface area contributed by atoms with Crippen LogP contribution >= 0.6 is 0 Å². The molecule has 0 fully saturated rings. The molecule has 0 saturated carbocycles. The van der Waals surface area contributed by atoms with Gasteiger partial charge in [0, 0.05) is 30.3 Å². The lowest BCUT2D eigenvalue weighted by molar-refractivity contribution is -0.384. The Morgan fingerprint density at radius 2 is 2.12 bits per heavy atom. The molecule has 0 unspecified atom stereocenters. The smallest absolute Gasteiger partial charge is 0.260 e. The standard InChI is InChI=1S/C12H12N2O2/c1-8-5-6-13-12(8)11-4-3-10(14(15)16)7-9(11)2/h3-4,6-7H,5H2,1-2H3. The Labute approximate surface area is 93.5 Å². The highest BCUT2D eigenvalue weighted by atomic mass is 16.6. The van der Waals surface area contributed by atoms with E-state index in [9.17, 15) is 10.1 Å². The van der Waals surface area contributed by atoms with E-state index in [-0.39, 0.29) is 10.6 Å². The lowest BCUT2D eigenvalue weighted by atomic mass is 10.0. The third-order valence-electron chi connectivity index (χ3n) is 2.70. The zero-order valence-corrected chi connectivity index (χ0v) is 9.23. The number of benzene rings is 1. The van der Waals surface area contributed by atoms with Crippen LogP contribution in [0, 0.1) is 17.0 Å². The van der Waals surface area contributed by atoms with Crippen LogP contribution in [-0.4, -0.2) is 11.1 Å². The number of rotatable bonds is 2. The monoisotopic (exact) mass is 216 g/mol. The summed E-state index contributed by atoms with van der Waals surface area (Å²) in [5, 5.41) is 10.6. The highest BCUT2D eigenvalue weighted by Crippen LogP contribution is 2.29. The SMILES string of the molecule is CC1=C(c2ccc([N+](=O)[O-])cc2C)N=CC1. The van der Waals surface area contributed by atoms with Crippen molar-refractivity contribution in [1.82, 2.24) is 0 Å². The molecule has 0 N–H and O–H groups in total. The van der Waals surface area contributed by atoms with Crippen LogP contribution in [0.15, 0.2) is 28.8 Å². The molecule has 16 heavy (non-hydrogen) atoms. The van der Waals surface area contributed by atoms with Crippen LogP contribution in [0.1, 0.15) is 24.5 Å². The zero-order chi connectivity index (χ0) is 11.7. The van der Waals surface area contributed by atoms with Crippen LogP contribution < -0.4 is 0 Å². The average Bonchev–Trinajstić information content (AvgIpc) is 2.64. The lowest BCUT2D eigenvalue weighted by Crippen LogP contribution is -1.92. The fourth-order valence-electron chi connectivity index (χ4n) is 1.81. The maximum Gasteiger partial charge on any atom is 0.269 e. The van der Waals surface area contributed by atoms with E-state index in [2.05, 4.69) is 4.99 Å². The Bertz CT molecular complexity index is 516. The number of aliphatic imine (C=N–C) groups is 1. The number of hydrogen-bond acceptors (Lipinski definition) is 3. The molecule has 1 aromatic carbocycles. The van der Waals surface area contributed by atoms with Gasteiger partial charge in [0.05, 0.1) is 10.6 Å². The quantitative estimate of drug-likeness (QED) is 0.563. The topological polar surface area (TPSA) is 55.5 Å². The molecule has 1 aliphatic rings. The minimum Gasteiger partial charge on any atom is -0.260 e. The maximum atomic E-state index is 10.6. The van der Waals surface area contributed by atoms with Crippen molar-refractivity contribution in [3.8, 4) is 0 Å². The van der Waals surface area contributed by atoms with Crippen molar-refractivity contribution < 1.29 is 4.92 Å². The molecule has 0 aliphatic carbocycles. The minimum absolute atomic E-state index is 0.126. The van der Waals surface area contributed by atoms with Crippen LogP contribution in [0.3, 0.4) is 0 Å². The maximum absolute atomic E-state index is 10.6. The number of allylic oxidation sites excluding steroid dienone is 1. The van der Waals surface area contributed by atoms with Gasteiger partial charge in [-0.3, -0.25) is 15.1 Å². The summed E-state index contributed by atoms with van der Waals surface area (Å²) in [5.74, 6) is 0. The van der Waals surface area contributed by atoms with Gasteiger partial charge in [-0.2, -0.15) is 0 Å². The van der Waals surface area contributed by atoms with E-state index in [1.54, 1.807) is 12.1 Å². The summed E-state index contributed by atoms with van der Waals surface area (Å²) >= 11 is 0. The molecule has 4 heteroatoms. The fourth-order valence-corrected chi connectivity index (χ4v) is 1.81. The Kier molecular flexibility index (Phi) is 2.56. The van der Waals surface area contributed by atoms with Crippen molar-refractivity contribution in [2.75, 3.05) is 0 Å². The Balaban J connectivity index is 2.48. The Hall–Kier alpha value is -1.97. The highest BCUT2D eigenvalue weighted by molar-refractivity contribution is 5.84. The van der Waals surface area contributed by atoms with Gasteiger partial charge in [-0.1, -0.05) is 0 Å². The van der Waals surface area contributed by atoms with Gasteiger partial charge in [0.1, 0.15) is 0 Å². The molecule has 2 rings (SSSR count). The molecule has 0 bridgehead atoms. The molecule has 0 saturated heterocycles. The number of nitrogens with zero attached hydrogens (tertiary/aromatic N) is 2. The first-order chi connectivity index (χ1) is 7.59. The second-order valence-corrected chi connectivity index (χ2v) is 3.90. The van der Waals surface area contributed by atoms with Crippen molar-refractivity contribution in [3.63, 3.8) is 0 Å². The van der Waals surface area contributed by atoms with E-state index in [4.69, 9.17) is 0 Å². The molecule has 0 spiro atoms. The van der Waals surface area contributed by atoms with Gasteiger partial charge in [0.15, 0.2) is 0 Å². The van der Waals surface area contributed by atoms with Gasteiger partial charge >= 0.3 is 0 Å². The molecule has 1 aliphatic heterocycles. The third kappa shape index (κ3) is 1.74. The molecule has 82 valence electrons. The molecular formula is C12H12N2O2. The molecule has 0 amide bonds. The zero-order valence-electron chi connectivity index (χ0n) is 9.23. The van der Waals surface area contributed by atoms with Crippen LogP contribution in [0.25, 0.3) is 5.70 Å². The van der Waals surface area contributed by atoms with E-state index in [1.165, 1.54) is 11.6 Å². The summed E-state index contributed by atoms with van der Waals surface area (Å²) in [4.78, 5) is 14.5. The number of non-ortho nitro benzene ring substituents is 1. The first-order valence-electron chi connectivity index (χ1n) is 5.07. The lowest BCUT2D eigenvalue weighted by Gasteiger charge is -2.05. The van der Waals surface area contributed by atoms with Gasteiger partial charge in [0.25, 0.3) is 5.69 Å². The summed E-state index contributed by atoms with van der Waals surface area (Å²) in [6.07, 6.45) is 2.73. The van der Waals surface area contributed by atoms with Gasteiger partial charge in [0.2, 0.25) is 0 Å². The van der Waals surface area contributed by atoms with E-state index in [0.717, 1.165) is 23.2 Å². The van der Waals surface area contributed by atoms with E-state index < -0.39 is 0 Å². The van der Waals surface area contributed by atoms with E-state index in [1.807, 2.05) is 20.1 Å². The van der Waals surface area contributed by atoms with Crippen LogP contribution in [0.5, 0.6) is 0 Å². The Morgan fingerprint density at radius 3 is 2.62 bits per heavy atom. The molecule has 1 aromatic rings. The summed E-state index contributed by atoms with van der Waals surface area (Å²) in [6, 6.07) is 4.88. The van der Waals surface area contributed by atoms with Gasteiger partial charge in [-0.25, -0.2) is 0 Å². The van der Waals surface area contributed by atoms with E-state index in [0.29, 0.717) is 0 Å². The molecule has 1 heterocycles. The third-order valence-corrected chi connectivity index (χ3v) is 2.70. The average molecular weight is 216 g/mol. The van der Waals surface area contributed by atoms with E-state index >= 15 is 0 Å². The molecule has 4 nitrogen and oxygen atoms in total. The second-order valence-electron chi connectivity index (χ2n) is 3.90. The predicted molar refractivity (Wildman–Crippen MR) is 63.5 cm³/mol. The van der Waals surface area contributed by atoms with Gasteiger partial charge in [-0.15, -0.1) is 0 Å². The van der Waals surface area contributed by atoms with Crippen molar-refractivity contribution in [1.29, 1.82) is 0 Å². The van der Waals surface area contributed by atoms with Gasteiger partial charge < -0.3 is 0 Å². The number of nitro benzene ring substituents is 1. The van der Waals surface area contributed by atoms with Crippen molar-refractivity contribution in [2.45, 2.75) is 20.3 Å². The molecule has 0 aromatic heterocycles. The van der Waals surface area contributed by atoms with Crippen molar-refractivity contribution >= 4 is 17.6 Å². The number of aryl methyl sites for hydroxylation is 1. The van der Waals surface area contributed by atoms with Crippen LogP contribution in [0.2, 0.25) is 0 Å². The number of hydrogen-bond donors (Lipinski definition) is 0. The first-order valence-corrected chi connectivity index (χ1v) is 5.07. The second kappa shape index (κ2) is 3.89. The number of nitro groups is 1. The van der Waals surface area contributed by atoms with Crippen molar-refractivity contribution in [3.05, 3.63) is 45.0 Å². The van der Waals surface area contributed by atoms with Crippen molar-refractivity contribution in [2.24, 2.45) is 4.99 Å². The normalized spacial score (nSPS) is 14.6. The summed E-state index contributed by atoms with van der Waals surface area (Å²) < 4.78 is 0. The van der Waals surface area contributed by atoms with Crippen LogP contribution in [0.4, 0.5) is 5.69 Å². The fraction of sp³-hybridized carbons (Fsp3) is 0.250. The molecule has 0 atom stereocenters. The summed E-state index contributed by atoms with van der Waals surface area (Å²) in [7, 11) is 0. The largest absolute Gasteiger partial charge is 0.269 e. The summed E-state index contributed by atoms with van der Waals surface area (Å²) in [5.41, 5.74) is 4.16. The summed E-state index contributed by atoms with van der Waals surface area (Å²) in [6.45, 7) is 3.90. The Morgan fingerprint density at radius 1 is 1.38 bits per heavy atom. The predicted octanol–water partition coefficient (Wildman–Crippen LogP) is 3.11. The first kappa shape index (κ1) is 10.5. The minimum atomic E-state index is -0.379. The molecular weight excluding hydrogens is 204 g/mol. The van der Waals surface area contributed by atoms with Gasteiger partial charge in [-0.05, 0) is 31.1 Å².